The van der Waals surface area contributed by atoms with Gasteiger partial charge in [-0.15, -0.1) is 0 Å². The number of hydrogen-bond donors (Lipinski definition) is 4. The van der Waals surface area contributed by atoms with Crippen LogP contribution in [0.5, 0.6) is 5.75 Å². The zero-order chi connectivity index (χ0) is 34.5. The highest BCUT2D eigenvalue weighted by Crippen LogP contribution is 2.42. The van der Waals surface area contributed by atoms with Crippen LogP contribution in [0.3, 0.4) is 0 Å². The van der Waals surface area contributed by atoms with Gasteiger partial charge in [-0.25, -0.2) is 0 Å². The first-order valence-corrected chi connectivity index (χ1v) is 15.9. The highest BCUT2D eigenvalue weighted by atomic mass is 16.5. The molecule has 1 aromatic carbocycles. The summed E-state index contributed by atoms with van der Waals surface area (Å²) in [4.78, 5) is 76.5. The second-order valence-electron chi connectivity index (χ2n) is 12.6. The van der Waals surface area contributed by atoms with Crippen molar-refractivity contribution in [3.05, 3.63) is 47.7 Å². The van der Waals surface area contributed by atoms with Crippen LogP contribution in [0.2, 0.25) is 0 Å². The fourth-order valence-corrected chi connectivity index (χ4v) is 6.02. The van der Waals surface area contributed by atoms with Crippen molar-refractivity contribution in [2.75, 3.05) is 20.2 Å². The average molecular weight is 653 g/mol. The number of methoxy groups -OCH3 is 1. The van der Waals surface area contributed by atoms with E-state index in [9.17, 15) is 33.9 Å². The number of carboxylic acid groups (broad SMARTS) is 1. The minimum atomic E-state index is -1.54. The summed E-state index contributed by atoms with van der Waals surface area (Å²) in [5, 5.41) is 17.2. The first-order chi connectivity index (χ1) is 22.3. The van der Waals surface area contributed by atoms with Gasteiger partial charge in [-0.1, -0.05) is 45.4 Å². The molecule has 4 amide bonds. The average Bonchev–Trinajstić information content (AvgIpc) is 3.62. The molecule has 3 unspecified atom stereocenters. The number of carbonyl (C=O) groups is 6. The van der Waals surface area contributed by atoms with Crippen molar-refractivity contribution in [1.82, 2.24) is 20.9 Å². The molecule has 2 aliphatic carbocycles. The van der Waals surface area contributed by atoms with Gasteiger partial charge in [0.25, 0.3) is 0 Å². The highest BCUT2D eigenvalue weighted by molar-refractivity contribution is 5.96. The summed E-state index contributed by atoms with van der Waals surface area (Å²) < 4.78 is 11.8. The summed E-state index contributed by atoms with van der Waals surface area (Å²) in [6, 6.07) is 5.71. The van der Waals surface area contributed by atoms with Gasteiger partial charge in [0.15, 0.2) is 0 Å². The summed E-state index contributed by atoms with van der Waals surface area (Å²) in [7, 11) is 1.60. The number of rotatable bonds is 14. The van der Waals surface area contributed by atoms with E-state index in [0.717, 1.165) is 11.1 Å². The van der Waals surface area contributed by atoms with Crippen molar-refractivity contribution < 1.29 is 43.3 Å². The summed E-state index contributed by atoms with van der Waals surface area (Å²) in [6.07, 6.45) is 5.22. The Morgan fingerprint density at radius 2 is 1.96 bits per heavy atom. The Morgan fingerprint density at radius 1 is 1.21 bits per heavy atom. The van der Waals surface area contributed by atoms with Gasteiger partial charge in [0.2, 0.25) is 23.6 Å². The maximum atomic E-state index is 13.6. The third-order valence-corrected chi connectivity index (χ3v) is 9.20. The molecule has 4 rings (SSSR count). The quantitative estimate of drug-likeness (QED) is 0.218. The Labute approximate surface area is 274 Å². The number of hydrogen-bond acceptors (Lipinski definition) is 8. The normalized spacial score (nSPS) is 26.1. The SMILES string of the molecule is CC[C@H](C)[C@H](NC(C)=O)C(=O)NCC(=O)N1C[C@@H](OC2=CC(c3cccc(OC)c3)=CCC2C)C[C@H]1C(=O)NC1(C=O)CC1C(=O)O. The fraction of sp³-hybridized carbons (Fsp3) is 0.529. The molecule has 2 fully saturated rings. The van der Waals surface area contributed by atoms with Crippen molar-refractivity contribution in [1.29, 1.82) is 0 Å². The van der Waals surface area contributed by atoms with E-state index in [1.54, 1.807) is 7.11 Å². The van der Waals surface area contributed by atoms with E-state index in [4.69, 9.17) is 9.47 Å². The van der Waals surface area contributed by atoms with E-state index in [-0.39, 0.29) is 37.1 Å². The van der Waals surface area contributed by atoms with E-state index >= 15 is 0 Å². The zero-order valence-corrected chi connectivity index (χ0v) is 27.4. The van der Waals surface area contributed by atoms with Crippen LogP contribution in [-0.2, 0) is 33.5 Å². The van der Waals surface area contributed by atoms with E-state index in [1.807, 2.05) is 51.1 Å². The molecule has 1 aromatic rings. The summed E-state index contributed by atoms with van der Waals surface area (Å²) in [5.41, 5.74) is 0.347. The van der Waals surface area contributed by atoms with Gasteiger partial charge in [-0.3, -0.25) is 24.0 Å². The number of carboxylic acids is 1. The molecule has 0 aromatic heterocycles. The largest absolute Gasteiger partial charge is 0.497 e. The number of carbonyl (C=O) groups excluding carboxylic acids is 5. The number of nitrogens with one attached hydrogen (secondary N) is 3. The monoisotopic (exact) mass is 652 g/mol. The fourth-order valence-electron chi connectivity index (χ4n) is 6.02. The van der Waals surface area contributed by atoms with Gasteiger partial charge in [0.05, 0.1) is 26.1 Å². The lowest BCUT2D eigenvalue weighted by Crippen LogP contribution is -2.54. The molecule has 13 nitrogen and oxygen atoms in total. The number of aliphatic carboxylic acids is 1. The van der Waals surface area contributed by atoms with Gasteiger partial charge in [-0.05, 0) is 48.1 Å². The lowest BCUT2D eigenvalue weighted by molar-refractivity contribution is -0.141. The summed E-state index contributed by atoms with van der Waals surface area (Å²) in [6.45, 7) is 6.58. The van der Waals surface area contributed by atoms with Gasteiger partial charge in [-0.2, -0.15) is 0 Å². The molecule has 1 saturated carbocycles. The molecule has 254 valence electrons. The number of aldehydes is 1. The lowest BCUT2D eigenvalue weighted by Gasteiger charge is -2.27. The zero-order valence-electron chi connectivity index (χ0n) is 27.4. The van der Waals surface area contributed by atoms with Crippen molar-refractivity contribution >= 4 is 41.5 Å². The Morgan fingerprint density at radius 3 is 2.57 bits per heavy atom. The van der Waals surface area contributed by atoms with Crippen LogP contribution in [-0.4, -0.2) is 89.8 Å². The highest BCUT2D eigenvalue weighted by Gasteiger charge is 2.61. The van der Waals surface area contributed by atoms with Crippen molar-refractivity contribution in [3.63, 3.8) is 0 Å². The number of amides is 4. The van der Waals surface area contributed by atoms with E-state index < -0.39 is 59.9 Å². The molecule has 1 heterocycles. The van der Waals surface area contributed by atoms with Crippen molar-refractivity contribution in [2.45, 2.75) is 77.1 Å². The lowest BCUT2D eigenvalue weighted by atomic mass is 9.92. The molecule has 4 N–H and O–H groups in total. The predicted molar refractivity (Wildman–Crippen MR) is 171 cm³/mol. The van der Waals surface area contributed by atoms with E-state index in [1.165, 1.54) is 11.8 Å². The van der Waals surface area contributed by atoms with E-state index in [0.29, 0.717) is 30.6 Å². The number of benzene rings is 1. The third-order valence-electron chi connectivity index (χ3n) is 9.20. The smallest absolute Gasteiger partial charge is 0.309 e. The van der Waals surface area contributed by atoms with E-state index in [2.05, 4.69) is 22.0 Å². The maximum Gasteiger partial charge on any atom is 0.309 e. The molecule has 47 heavy (non-hydrogen) atoms. The Balaban J connectivity index is 1.52. The number of allylic oxidation sites excluding steroid dienone is 4. The van der Waals surface area contributed by atoms with Crippen molar-refractivity contribution in [2.24, 2.45) is 17.8 Å². The molecule has 1 saturated heterocycles. The minimum absolute atomic E-state index is 0.0198. The molecule has 3 aliphatic rings. The number of likely N-dealkylation sites (tertiary alicyclic amines) is 1. The van der Waals surface area contributed by atoms with Gasteiger partial charge < -0.3 is 40.2 Å². The Hall–Kier alpha value is -4.68. The number of ether oxygens (including phenoxy) is 2. The van der Waals surface area contributed by atoms with Gasteiger partial charge >= 0.3 is 5.97 Å². The molecule has 0 spiro atoms. The molecule has 0 radical (unpaired) electrons. The first kappa shape index (κ1) is 35.2. The minimum Gasteiger partial charge on any atom is -0.497 e. The second-order valence-corrected chi connectivity index (χ2v) is 12.6. The maximum absolute atomic E-state index is 13.6. The molecule has 13 heteroatoms. The van der Waals surface area contributed by atoms with Crippen LogP contribution in [0.15, 0.2) is 42.2 Å². The van der Waals surface area contributed by atoms with Crippen LogP contribution in [0, 0.1) is 17.8 Å². The molecular formula is C34H44N4O9. The van der Waals surface area contributed by atoms with Crippen LogP contribution >= 0.6 is 0 Å². The topological polar surface area (TPSA) is 180 Å². The van der Waals surface area contributed by atoms with Crippen molar-refractivity contribution in [3.8, 4) is 5.75 Å². The van der Waals surface area contributed by atoms with Crippen LogP contribution in [0.25, 0.3) is 5.57 Å². The first-order valence-electron chi connectivity index (χ1n) is 15.9. The Kier molecular flexibility index (Phi) is 11.1. The second kappa shape index (κ2) is 14.8. The summed E-state index contributed by atoms with van der Waals surface area (Å²) >= 11 is 0. The van der Waals surface area contributed by atoms with Crippen LogP contribution in [0.4, 0.5) is 0 Å². The Bertz CT molecular complexity index is 1470. The predicted octanol–water partition coefficient (Wildman–Crippen LogP) is 1.81. The molecule has 7 atom stereocenters. The van der Waals surface area contributed by atoms with Crippen LogP contribution in [0.1, 0.15) is 58.9 Å². The van der Waals surface area contributed by atoms with Crippen LogP contribution < -0.4 is 20.7 Å². The summed E-state index contributed by atoms with van der Waals surface area (Å²) in [5.74, 6) is -3.19. The molecule has 0 bridgehead atoms. The molecule has 1 aliphatic heterocycles. The molecular weight excluding hydrogens is 608 g/mol. The standard InChI is InChI=1S/C34H44N4O9/c1-6-19(2)30(36-21(4)40)32(43)35-16-29(41)38-17-25(14-27(38)31(42)37-34(18-39)15-26(34)33(44)45)47-28-13-23(11-10-20(28)3)22-8-7-9-24(12-22)46-5/h7-9,11-13,18-20,25-27,30H,6,10,14-17H2,1-5H3,(H,35,43)(H,36,40)(H,37,42)(H,44,45)/t19-,20?,25-,26?,27-,30-,34?/m0/s1. The van der Waals surface area contributed by atoms with Gasteiger partial charge in [0.1, 0.15) is 41.5 Å². The number of nitrogens with zero attached hydrogens (tertiary/aromatic N) is 1. The van der Waals surface area contributed by atoms with Gasteiger partial charge in [0, 0.05) is 19.3 Å². The third kappa shape index (κ3) is 8.19.